The van der Waals surface area contributed by atoms with E-state index in [1.165, 1.54) is 0 Å². The minimum atomic E-state index is -1.09. The lowest BCUT2D eigenvalue weighted by Crippen LogP contribution is -2.36. The summed E-state index contributed by atoms with van der Waals surface area (Å²) in [5.41, 5.74) is 2.17. The van der Waals surface area contributed by atoms with E-state index in [1.54, 1.807) is 0 Å². The number of nitrogens with one attached hydrogen (secondary N) is 2. The largest absolute Gasteiger partial charge is 0.493 e. The smallest absolute Gasteiger partial charge is 0.253 e. The Hall–Kier alpha value is -1.46. The third-order valence-corrected chi connectivity index (χ3v) is 3.54. The van der Waals surface area contributed by atoms with Crippen molar-refractivity contribution in [2.24, 2.45) is 0 Å². The van der Waals surface area contributed by atoms with Crippen LogP contribution in [0.3, 0.4) is 0 Å². The Balaban J connectivity index is 2.14. The molecule has 1 aromatic rings. The highest BCUT2D eigenvalue weighted by molar-refractivity contribution is 6.53. The van der Waals surface area contributed by atoms with E-state index in [9.17, 15) is 9.59 Å². The highest BCUT2D eigenvalue weighted by Gasteiger charge is 2.10. The number of ether oxygens (including phenoxy) is 1. The Bertz CT molecular complexity index is 516. The Morgan fingerprint density at radius 1 is 1.13 bits per heavy atom. The second kappa shape index (κ2) is 10.3. The molecule has 1 rings (SSSR count). The highest BCUT2D eigenvalue weighted by Crippen LogP contribution is 2.22. The summed E-state index contributed by atoms with van der Waals surface area (Å²) >= 11 is 10.8. The van der Waals surface area contributed by atoms with Crippen LogP contribution in [0.25, 0.3) is 0 Å². The molecule has 0 aliphatic carbocycles. The van der Waals surface area contributed by atoms with Crippen molar-refractivity contribution in [3.8, 4) is 5.75 Å². The third kappa shape index (κ3) is 7.57. The van der Waals surface area contributed by atoms with Gasteiger partial charge in [-0.15, -0.1) is 0 Å². The third-order valence-electron chi connectivity index (χ3n) is 3.15. The zero-order valence-electron chi connectivity index (χ0n) is 13.3. The average Bonchev–Trinajstić information content (AvgIpc) is 2.50. The zero-order chi connectivity index (χ0) is 17.2. The summed E-state index contributed by atoms with van der Waals surface area (Å²) in [5.74, 6) is 0.328. The van der Waals surface area contributed by atoms with Crippen LogP contribution in [-0.2, 0) is 9.59 Å². The van der Waals surface area contributed by atoms with Gasteiger partial charge in [0.05, 0.1) is 6.61 Å². The van der Waals surface area contributed by atoms with Crippen LogP contribution in [0.15, 0.2) is 18.2 Å². The van der Waals surface area contributed by atoms with Crippen molar-refractivity contribution in [2.45, 2.75) is 31.5 Å². The number of hydrogen-bond donors (Lipinski definition) is 2. The molecule has 0 bridgehead atoms. The van der Waals surface area contributed by atoms with Gasteiger partial charge in [0.15, 0.2) is 4.84 Å². The number of carbonyl (C=O) groups excluding carboxylic acids is 2. The van der Waals surface area contributed by atoms with Gasteiger partial charge < -0.3 is 15.4 Å². The van der Waals surface area contributed by atoms with Gasteiger partial charge in [-0.2, -0.15) is 0 Å². The first-order valence-corrected chi connectivity index (χ1v) is 8.30. The van der Waals surface area contributed by atoms with Crippen LogP contribution < -0.4 is 15.4 Å². The predicted octanol–water partition coefficient (Wildman–Crippen LogP) is 2.50. The molecule has 0 unspecified atom stereocenters. The van der Waals surface area contributed by atoms with E-state index in [2.05, 4.69) is 10.6 Å². The number of carbonyl (C=O) groups is 2. The summed E-state index contributed by atoms with van der Waals surface area (Å²) in [6.07, 6.45) is 0.990. The molecular formula is C16H22Cl2N2O3. The standard InChI is InChI=1S/C16H22Cl2N2O3/c1-11-5-3-6-12(2)14(11)23-10-4-7-13(21)19-8-9-20-16(22)15(17)18/h3,5-6,15H,4,7-10H2,1-2H3,(H,19,21)(H,20,22). The minimum Gasteiger partial charge on any atom is -0.493 e. The predicted molar refractivity (Wildman–Crippen MR) is 92.2 cm³/mol. The summed E-state index contributed by atoms with van der Waals surface area (Å²) in [7, 11) is 0. The maximum absolute atomic E-state index is 11.6. The monoisotopic (exact) mass is 360 g/mol. The van der Waals surface area contributed by atoms with E-state index in [0.29, 0.717) is 32.5 Å². The average molecular weight is 361 g/mol. The van der Waals surface area contributed by atoms with E-state index in [-0.39, 0.29) is 5.91 Å². The number of halogens is 2. The second-order valence-electron chi connectivity index (χ2n) is 5.11. The lowest BCUT2D eigenvalue weighted by Gasteiger charge is -2.12. The molecule has 0 spiro atoms. The molecule has 0 atom stereocenters. The van der Waals surface area contributed by atoms with E-state index in [1.807, 2.05) is 32.0 Å². The maximum atomic E-state index is 11.6. The van der Waals surface area contributed by atoms with Gasteiger partial charge in [0, 0.05) is 19.5 Å². The fourth-order valence-corrected chi connectivity index (χ4v) is 2.14. The normalized spacial score (nSPS) is 10.5. The number of amides is 2. The first kappa shape index (κ1) is 19.6. The Morgan fingerprint density at radius 2 is 1.74 bits per heavy atom. The molecule has 0 radical (unpaired) electrons. The summed E-state index contributed by atoms with van der Waals surface area (Å²) in [5, 5.41) is 5.20. The Kier molecular flexibility index (Phi) is 8.81. The van der Waals surface area contributed by atoms with Gasteiger partial charge in [0.1, 0.15) is 5.75 Å². The fourth-order valence-electron chi connectivity index (χ4n) is 1.99. The van der Waals surface area contributed by atoms with Crippen LogP contribution >= 0.6 is 23.2 Å². The summed E-state index contributed by atoms with van der Waals surface area (Å²) in [6.45, 7) is 5.10. The summed E-state index contributed by atoms with van der Waals surface area (Å²) in [6, 6.07) is 5.98. The molecule has 2 amide bonds. The topological polar surface area (TPSA) is 67.4 Å². The number of benzene rings is 1. The van der Waals surface area contributed by atoms with Crippen molar-refractivity contribution in [3.05, 3.63) is 29.3 Å². The van der Waals surface area contributed by atoms with Crippen LogP contribution in [0.5, 0.6) is 5.75 Å². The number of alkyl halides is 2. The SMILES string of the molecule is Cc1cccc(C)c1OCCCC(=O)NCCNC(=O)C(Cl)Cl. The summed E-state index contributed by atoms with van der Waals surface area (Å²) in [4.78, 5) is 21.6. The fraction of sp³-hybridized carbons (Fsp3) is 0.500. The zero-order valence-corrected chi connectivity index (χ0v) is 14.8. The molecule has 0 saturated carbocycles. The van der Waals surface area contributed by atoms with Gasteiger partial charge in [-0.05, 0) is 31.4 Å². The van der Waals surface area contributed by atoms with E-state index >= 15 is 0 Å². The first-order valence-electron chi connectivity index (χ1n) is 7.43. The molecule has 128 valence electrons. The molecule has 5 nitrogen and oxygen atoms in total. The molecule has 7 heteroatoms. The molecule has 0 saturated heterocycles. The van der Waals surface area contributed by atoms with Gasteiger partial charge in [0.25, 0.3) is 5.91 Å². The number of rotatable bonds is 9. The van der Waals surface area contributed by atoms with Crippen LogP contribution in [-0.4, -0.2) is 36.3 Å². The molecule has 0 aliphatic heterocycles. The maximum Gasteiger partial charge on any atom is 0.253 e. The molecule has 2 N–H and O–H groups in total. The number of aryl methyl sites for hydroxylation is 2. The van der Waals surface area contributed by atoms with Crippen molar-refractivity contribution < 1.29 is 14.3 Å². The van der Waals surface area contributed by atoms with Gasteiger partial charge in [-0.3, -0.25) is 9.59 Å². The van der Waals surface area contributed by atoms with Crippen LogP contribution in [0.2, 0.25) is 0 Å². The van der Waals surface area contributed by atoms with Crippen molar-refractivity contribution in [1.82, 2.24) is 10.6 Å². The van der Waals surface area contributed by atoms with Crippen molar-refractivity contribution in [1.29, 1.82) is 0 Å². The minimum absolute atomic E-state index is 0.0855. The van der Waals surface area contributed by atoms with Crippen molar-refractivity contribution in [3.63, 3.8) is 0 Å². The Labute approximate surface area is 146 Å². The van der Waals surface area contributed by atoms with Gasteiger partial charge in [-0.1, -0.05) is 41.4 Å². The lowest BCUT2D eigenvalue weighted by molar-refractivity contribution is -0.122. The molecule has 23 heavy (non-hydrogen) atoms. The first-order chi connectivity index (χ1) is 10.9. The molecule has 0 aromatic heterocycles. The van der Waals surface area contributed by atoms with Crippen molar-refractivity contribution >= 4 is 35.0 Å². The van der Waals surface area contributed by atoms with Gasteiger partial charge >= 0.3 is 0 Å². The van der Waals surface area contributed by atoms with E-state index in [4.69, 9.17) is 27.9 Å². The van der Waals surface area contributed by atoms with Crippen LogP contribution in [0, 0.1) is 13.8 Å². The molecule has 0 heterocycles. The van der Waals surface area contributed by atoms with Gasteiger partial charge in [0.2, 0.25) is 5.91 Å². The van der Waals surface area contributed by atoms with Crippen LogP contribution in [0.4, 0.5) is 0 Å². The quantitative estimate of drug-likeness (QED) is 0.525. The summed E-state index contributed by atoms with van der Waals surface area (Å²) < 4.78 is 5.74. The molecule has 1 aromatic carbocycles. The molecular weight excluding hydrogens is 339 g/mol. The van der Waals surface area contributed by atoms with Crippen molar-refractivity contribution in [2.75, 3.05) is 19.7 Å². The molecule has 0 aliphatic rings. The van der Waals surface area contributed by atoms with Gasteiger partial charge in [-0.25, -0.2) is 0 Å². The molecule has 0 fully saturated rings. The van der Waals surface area contributed by atoms with Crippen LogP contribution in [0.1, 0.15) is 24.0 Å². The van der Waals surface area contributed by atoms with E-state index < -0.39 is 10.7 Å². The lowest BCUT2D eigenvalue weighted by atomic mass is 10.1. The number of hydrogen-bond acceptors (Lipinski definition) is 3. The number of para-hydroxylation sites is 1. The second-order valence-corrected chi connectivity index (χ2v) is 6.21. The Morgan fingerprint density at radius 3 is 2.35 bits per heavy atom. The highest BCUT2D eigenvalue weighted by atomic mass is 35.5. The van der Waals surface area contributed by atoms with E-state index in [0.717, 1.165) is 16.9 Å².